The van der Waals surface area contributed by atoms with Crippen molar-refractivity contribution in [3.63, 3.8) is 0 Å². The van der Waals surface area contributed by atoms with Crippen LogP contribution in [0.2, 0.25) is 0 Å². The largest absolute Gasteiger partial charge is 0.481 e. The van der Waals surface area contributed by atoms with Gasteiger partial charge in [-0.1, -0.05) is 23.9 Å². The Morgan fingerprint density at radius 2 is 2.03 bits per heavy atom. The first kappa shape index (κ1) is 27.5. The fourth-order valence-electron chi connectivity index (χ4n) is 3.78. The molecule has 17 heteroatoms. The molecule has 3 atom stereocenters. The van der Waals surface area contributed by atoms with Crippen LogP contribution in [0.3, 0.4) is 0 Å². The van der Waals surface area contributed by atoms with Gasteiger partial charge in [0.05, 0.1) is 5.56 Å². The van der Waals surface area contributed by atoms with Crippen molar-refractivity contribution in [2.45, 2.75) is 35.3 Å². The molecule has 0 saturated carbocycles. The van der Waals surface area contributed by atoms with Gasteiger partial charge in [-0.15, -0.1) is 16.9 Å². The third kappa shape index (κ3) is 5.63. The molecule has 3 heterocycles. The number of β-lactam (4-membered cyclic amide) rings is 1. The summed E-state index contributed by atoms with van der Waals surface area (Å²) in [5, 5.41) is 36.9. The number of nitrogens with zero attached hydrogens (tertiary/aromatic N) is 3. The molecule has 2 aromatic rings. The zero-order chi connectivity index (χ0) is 27.8. The molecule has 4 rings (SSSR count). The van der Waals surface area contributed by atoms with Gasteiger partial charge >= 0.3 is 18.1 Å². The number of hydrogen-bond acceptors (Lipinski definition) is 9. The number of H-pyrrole nitrogens is 1. The molecule has 0 spiro atoms. The number of alkyl halides is 3. The number of aromatic nitrogens is 3. The summed E-state index contributed by atoms with van der Waals surface area (Å²) in [6.45, 7) is 0. The second kappa shape index (κ2) is 10.7. The maximum absolute atomic E-state index is 13.0. The van der Waals surface area contributed by atoms with E-state index in [2.05, 4.69) is 20.5 Å². The highest BCUT2D eigenvalue weighted by Gasteiger charge is 2.54. The number of aliphatic carboxylic acids is 2. The fraction of sp³-hybridized carbons (Fsp3) is 0.333. The number of aliphatic hydroxyl groups is 1. The van der Waals surface area contributed by atoms with Crippen LogP contribution in [0.15, 0.2) is 40.7 Å². The second-order valence-electron chi connectivity index (χ2n) is 8.10. The molecule has 1 saturated heterocycles. The third-order valence-corrected chi connectivity index (χ3v) is 7.80. The quantitative estimate of drug-likeness (QED) is 0.213. The SMILES string of the molecule is O=C(O)Cc1nc(SCC2=C(C(=O)O)N3C(=O)C(NC(=O)C(O)c4cccc(C(F)(F)F)c4)[C@H]3SC2)n[nH]1. The average Bonchev–Trinajstić information content (AvgIpc) is 3.30. The van der Waals surface area contributed by atoms with Gasteiger partial charge in [0, 0.05) is 11.5 Å². The molecule has 0 radical (unpaired) electrons. The number of carboxylic acid groups (broad SMARTS) is 2. The molecule has 12 nitrogen and oxygen atoms in total. The minimum Gasteiger partial charge on any atom is -0.481 e. The van der Waals surface area contributed by atoms with Crippen molar-refractivity contribution in [2.75, 3.05) is 11.5 Å². The van der Waals surface area contributed by atoms with Crippen molar-refractivity contribution < 1.29 is 47.7 Å². The summed E-state index contributed by atoms with van der Waals surface area (Å²) in [5.41, 5.74) is -1.28. The Kier molecular flexibility index (Phi) is 7.70. The van der Waals surface area contributed by atoms with Crippen LogP contribution in [-0.4, -0.2) is 82.1 Å². The number of carbonyl (C=O) groups is 4. The molecule has 0 aliphatic carbocycles. The molecular weight excluding hydrogens is 555 g/mol. The van der Waals surface area contributed by atoms with Crippen LogP contribution in [0, 0.1) is 0 Å². The number of fused-ring (bicyclic) bond motifs is 1. The normalized spacial score (nSPS) is 20.0. The summed E-state index contributed by atoms with van der Waals surface area (Å²) in [6, 6.07) is 2.40. The van der Waals surface area contributed by atoms with Crippen LogP contribution in [0.1, 0.15) is 23.1 Å². The number of benzene rings is 1. The Morgan fingerprint density at radius 1 is 1.29 bits per heavy atom. The lowest BCUT2D eigenvalue weighted by molar-refractivity contribution is -0.151. The summed E-state index contributed by atoms with van der Waals surface area (Å²) in [4.78, 5) is 53.1. The predicted molar refractivity (Wildman–Crippen MR) is 125 cm³/mol. The minimum absolute atomic E-state index is 0.0841. The number of thioether (sulfide) groups is 2. The number of aromatic amines is 1. The summed E-state index contributed by atoms with van der Waals surface area (Å²) in [5.74, 6) is -3.98. The van der Waals surface area contributed by atoms with Gasteiger partial charge in [0.2, 0.25) is 5.16 Å². The van der Waals surface area contributed by atoms with Crippen LogP contribution in [-0.2, 0) is 31.8 Å². The number of hydrogen-bond donors (Lipinski definition) is 5. The Hall–Kier alpha value is -3.57. The fourth-order valence-corrected chi connectivity index (χ4v) is 6.08. The summed E-state index contributed by atoms with van der Waals surface area (Å²) >= 11 is 2.20. The molecule has 2 aliphatic rings. The molecule has 1 fully saturated rings. The lowest BCUT2D eigenvalue weighted by Gasteiger charge is -2.49. The van der Waals surface area contributed by atoms with Gasteiger partial charge in [-0.25, -0.2) is 9.78 Å². The highest BCUT2D eigenvalue weighted by molar-refractivity contribution is 8.01. The van der Waals surface area contributed by atoms with E-state index in [0.29, 0.717) is 11.6 Å². The van der Waals surface area contributed by atoms with Crippen molar-refractivity contribution in [1.29, 1.82) is 0 Å². The van der Waals surface area contributed by atoms with Gasteiger partial charge < -0.3 is 20.6 Å². The van der Waals surface area contributed by atoms with Crippen LogP contribution >= 0.6 is 23.5 Å². The van der Waals surface area contributed by atoms with Crippen LogP contribution in [0.4, 0.5) is 13.2 Å². The summed E-state index contributed by atoms with van der Waals surface area (Å²) in [7, 11) is 0. The third-order valence-electron chi connectivity index (χ3n) is 5.53. The van der Waals surface area contributed by atoms with Crippen molar-refractivity contribution >= 4 is 47.3 Å². The molecular formula is C21H18F3N5O7S2. The molecule has 0 bridgehead atoms. The summed E-state index contributed by atoms with van der Waals surface area (Å²) < 4.78 is 38.9. The van der Waals surface area contributed by atoms with E-state index in [1.165, 1.54) is 0 Å². The van der Waals surface area contributed by atoms with Crippen LogP contribution < -0.4 is 5.32 Å². The smallest absolute Gasteiger partial charge is 0.416 e. The molecule has 2 amide bonds. The summed E-state index contributed by atoms with van der Waals surface area (Å²) in [6.07, 6.45) is -7.04. The highest BCUT2D eigenvalue weighted by atomic mass is 32.2. The van der Waals surface area contributed by atoms with Gasteiger partial charge in [0.15, 0.2) is 6.10 Å². The Balaban J connectivity index is 1.43. The second-order valence-corrected chi connectivity index (χ2v) is 10.2. The maximum atomic E-state index is 13.0. The number of carboxylic acids is 2. The van der Waals surface area contributed by atoms with E-state index in [4.69, 9.17) is 5.11 Å². The van der Waals surface area contributed by atoms with E-state index in [1.807, 2.05) is 0 Å². The van der Waals surface area contributed by atoms with Crippen LogP contribution in [0.25, 0.3) is 0 Å². The molecule has 38 heavy (non-hydrogen) atoms. The number of nitrogens with one attached hydrogen (secondary N) is 2. The Bertz CT molecular complexity index is 1330. The van der Waals surface area contributed by atoms with Gasteiger partial charge in [-0.3, -0.25) is 24.4 Å². The van der Waals surface area contributed by atoms with Gasteiger partial charge in [0.25, 0.3) is 11.8 Å². The van der Waals surface area contributed by atoms with Crippen molar-refractivity contribution in [1.82, 2.24) is 25.4 Å². The zero-order valence-corrected chi connectivity index (χ0v) is 20.6. The first-order valence-electron chi connectivity index (χ1n) is 10.7. The Labute approximate surface area is 219 Å². The van der Waals surface area contributed by atoms with Crippen LogP contribution in [0.5, 0.6) is 0 Å². The minimum atomic E-state index is -4.68. The molecule has 1 aromatic carbocycles. The first-order chi connectivity index (χ1) is 17.9. The molecule has 1 aromatic heterocycles. The van der Waals surface area contributed by atoms with E-state index < -0.39 is 53.0 Å². The van der Waals surface area contributed by atoms with Crippen molar-refractivity contribution in [2.24, 2.45) is 0 Å². The molecule has 5 N–H and O–H groups in total. The lowest BCUT2D eigenvalue weighted by atomic mass is 10.0. The van der Waals surface area contributed by atoms with E-state index in [-0.39, 0.29) is 40.2 Å². The van der Waals surface area contributed by atoms with Crippen molar-refractivity contribution in [3.05, 3.63) is 52.5 Å². The average molecular weight is 574 g/mol. The monoisotopic (exact) mass is 573 g/mol. The maximum Gasteiger partial charge on any atom is 0.416 e. The van der Waals surface area contributed by atoms with Gasteiger partial charge in [-0.05, 0) is 23.3 Å². The number of carbonyl (C=O) groups excluding carboxylic acids is 2. The van der Waals surface area contributed by atoms with E-state index in [1.54, 1.807) is 0 Å². The number of amides is 2. The molecule has 2 unspecified atom stereocenters. The zero-order valence-electron chi connectivity index (χ0n) is 18.9. The van der Waals surface area contributed by atoms with Crippen molar-refractivity contribution in [3.8, 4) is 0 Å². The van der Waals surface area contributed by atoms with Gasteiger partial charge in [-0.2, -0.15) is 13.2 Å². The molecule has 2 aliphatic heterocycles. The number of aliphatic hydroxyl groups excluding tert-OH is 1. The Morgan fingerprint density at radius 3 is 2.68 bits per heavy atom. The van der Waals surface area contributed by atoms with E-state index in [0.717, 1.165) is 46.6 Å². The van der Waals surface area contributed by atoms with E-state index in [9.17, 15) is 42.6 Å². The standard InChI is InChI=1S/C21H18F3N5O7S2/c22-21(23,24)10-3-1-2-8(4-10)15(32)16(33)26-13-17(34)29-14(19(35)36)9(6-37-18(13)29)7-38-20-25-11(27-28-20)5-12(30)31/h1-4,13,15,18,32H,5-7H2,(H,26,33)(H,30,31)(H,35,36)(H,25,27,28)/t13?,15?,18-/m1/s1. The predicted octanol–water partition coefficient (Wildman–Crippen LogP) is 1.01. The highest BCUT2D eigenvalue weighted by Crippen LogP contribution is 2.41. The molecule has 202 valence electrons. The number of rotatable bonds is 9. The van der Waals surface area contributed by atoms with Gasteiger partial charge in [0.1, 0.15) is 29.4 Å². The number of halogens is 3. The first-order valence-corrected chi connectivity index (χ1v) is 12.7. The lowest BCUT2D eigenvalue weighted by Crippen LogP contribution is -2.70. The topological polar surface area (TPSA) is 186 Å². The van der Waals surface area contributed by atoms with E-state index >= 15 is 0 Å².